The topological polar surface area (TPSA) is 35.2 Å². The first-order valence-electron chi connectivity index (χ1n) is 6.05. The fourth-order valence-corrected chi connectivity index (χ4v) is 2.29. The predicted octanol–water partition coefficient (Wildman–Crippen LogP) is 2.43. The molecule has 2 N–H and O–H groups in total. The quantitative estimate of drug-likeness (QED) is 0.847. The summed E-state index contributed by atoms with van der Waals surface area (Å²) < 4.78 is 5.77. The maximum Gasteiger partial charge on any atom is 0.0808 e. The van der Waals surface area contributed by atoms with Gasteiger partial charge in [-0.1, -0.05) is 29.8 Å². The van der Waals surface area contributed by atoms with E-state index >= 15 is 0 Å². The van der Waals surface area contributed by atoms with Crippen molar-refractivity contribution in [2.75, 3.05) is 6.61 Å². The first-order chi connectivity index (χ1) is 7.60. The average Bonchev–Trinajstić information content (AvgIpc) is 2.70. The lowest BCUT2D eigenvalue weighted by Gasteiger charge is -2.30. The summed E-state index contributed by atoms with van der Waals surface area (Å²) in [6.07, 6.45) is 3.12. The van der Waals surface area contributed by atoms with Gasteiger partial charge in [0.05, 0.1) is 5.60 Å². The van der Waals surface area contributed by atoms with E-state index in [1.807, 2.05) is 0 Å². The highest BCUT2D eigenvalue weighted by molar-refractivity contribution is 5.22. The molecule has 0 spiro atoms. The zero-order valence-corrected chi connectivity index (χ0v) is 10.2. The summed E-state index contributed by atoms with van der Waals surface area (Å²) in [5.41, 5.74) is 8.73. The third-order valence-electron chi connectivity index (χ3n) is 3.61. The first-order valence-corrected chi connectivity index (χ1v) is 6.05. The van der Waals surface area contributed by atoms with E-state index in [4.69, 9.17) is 10.5 Å². The lowest BCUT2D eigenvalue weighted by Crippen LogP contribution is -2.46. The van der Waals surface area contributed by atoms with Gasteiger partial charge in [-0.05, 0) is 38.7 Å². The van der Waals surface area contributed by atoms with Crippen molar-refractivity contribution in [1.82, 2.24) is 0 Å². The summed E-state index contributed by atoms with van der Waals surface area (Å²) in [4.78, 5) is 0. The zero-order chi connectivity index (χ0) is 11.6. The molecule has 0 aromatic heterocycles. The Bertz CT molecular complexity index is 338. The molecule has 1 aromatic carbocycles. The Morgan fingerprint density at radius 1 is 1.38 bits per heavy atom. The standard InChI is InChI=1S/C14H21NO/c1-11-4-6-12(7-5-11)10-13(15)14(2)8-3-9-16-14/h4-7,13H,3,8-10,15H2,1-2H3. The van der Waals surface area contributed by atoms with E-state index in [0.29, 0.717) is 0 Å². The lowest BCUT2D eigenvalue weighted by atomic mass is 9.89. The van der Waals surface area contributed by atoms with Crippen LogP contribution in [0.25, 0.3) is 0 Å². The van der Waals surface area contributed by atoms with E-state index in [-0.39, 0.29) is 11.6 Å². The Morgan fingerprint density at radius 2 is 2.06 bits per heavy atom. The monoisotopic (exact) mass is 219 g/mol. The van der Waals surface area contributed by atoms with Crippen molar-refractivity contribution in [2.24, 2.45) is 5.73 Å². The molecule has 1 fully saturated rings. The molecule has 2 rings (SSSR count). The van der Waals surface area contributed by atoms with Crippen LogP contribution >= 0.6 is 0 Å². The Balaban J connectivity index is 2.01. The zero-order valence-electron chi connectivity index (χ0n) is 10.2. The molecule has 2 unspecified atom stereocenters. The average molecular weight is 219 g/mol. The Morgan fingerprint density at radius 3 is 2.62 bits per heavy atom. The Hall–Kier alpha value is -0.860. The molecule has 1 aromatic rings. The molecule has 1 saturated heterocycles. The van der Waals surface area contributed by atoms with Crippen LogP contribution in [0.4, 0.5) is 0 Å². The van der Waals surface area contributed by atoms with Crippen molar-refractivity contribution in [3.8, 4) is 0 Å². The first kappa shape index (κ1) is 11.6. The molecule has 0 amide bonds. The highest BCUT2D eigenvalue weighted by Gasteiger charge is 2.35. The summed E-state index contributed by atoms with van der Waals surface area (Å²) >= 11 is 0. The summed E-state index contributed by atoms with van der Waals surface area (Å²) in [6, 6.07) is 8.69. The lowest BCUT2D eigenvalue weighted by molar-refractivity contribution is -0.000903. The van der Waals surface area contributed by atoms with Crippen LogP contribution in [0.1, 0.15) is 30.9 Å². The maximum atomic E-state index is 6.26. The van der Waals surface area contributed by atoms with Gasteiger partial charge in [-0.25, -0.2) is 0 Å². The molecule has 0 bridgehead atoms. The number of nitrogens with two attached hydrogens (primary N) is 1. The highest BCUT2D eigenvalue weighted by Crippen LogP contribution is 2.29. The van der Waals surface area contributed by atoms with Crippen molar-refractivity contribution < 1.29 is 4.74 Å². The Kier molecular flexibility index (Phi) is 3.31. The number of hydrogen-bond acceptors (Lipinski definition) is 2. The van der Waals surface area contributed by atoms with Gasteiger partial charge in [0.2, 0.25) is 0 Å². The molecule has 0 radical (unpaired) electrons. The van der Waals surface area contributed by atoms with E-state index in [9.17, 15) is 0 Å². The maximum absolute atomic E-state index is 6.26. The fourth-order valence-electron chi connectivity index (χ4n) is 2.29. The molecule has 2 heteroatoms. The van der Waals surface area contributed by atoms with Crippen molar-refractivity contribution >= 4 is 0 Å². The predicted molar refractivity (Wildman–Crippen MR) is 66.4 cm³/mol. The second-order valence-corrected chi connectivity index (χ2v) is 5.06. The minimum atomic E-state index is -0.120. The summed E-state index contributed by atoms with van der Waals surface area (Å²) in [5, 5.41) is 0. The van der Waals surface area contributed by atoms with Crippen molar-refractivity contribution in [1.29, 1.82) is 0 Å². The number of hydrogen-bond donors (Lipinski definition) is 1. The molecule has 1 aliphatic rings. The Labute approximate surface area is 97.8 Å². The van der Waals surface area contributed by atoms with E-state index < -0.39 is 0 Å². The molecule has 88 valence electrons. The van der Waals surface area contributed by atoms with Gasteiger partial charge in [0.15, 0.2) is 0 Å². The summed E-state index contributed by atoms with van der Waals surface area (Å²) in [7, 11) is 0. The molecular weight excluding hydrogens is 198 g/mol. The fraction of sp³-hybridized carbons (Fsp3) is 0.571. The number of aryl methyl sites for hydroxylation is 1. The van der Waals surface area contributed by atoms with E-state index in [0.717, 1.165) is 25.9 Å². The van der Waals surface area contributed by atoms with Crippen molar-refractivity contribution in [3.63, 3.8) is 0 Å². The van der Waals surface area contributed by atoms with Crippen LogP contribution < -0.4 is 5.73 Å². The minimum absolute atomic E-state index is 0.0951. The summed E-state index contributed by atoms with van der Waals surface area (Å²) in [5.74, 6) is 0. The molecule has 2 nitrogen and oxygen atoms in total. The van der Waals surface area contributed by atoms with Gasteiger partial charge in [0.25, 0.3) is 0 Å². The van der Waals surface area contributed by atoms with Gasteiger partial charge >= 0.3 is 0 Å². The van der Waals surface area contributed by atoms with Crippen molar-refractivity contribution in [3.05, 3.63) is 35.4 Å². The van der Waals surface area contributed by atoms with Crippen LogP contribution in [0.3, 0.4) is 0 Å². The third-order valence-corrected chi connectivity index (χ3v) is 3.61. The van der Waals surface area contributed by atoms with E-state index in [1.165, 1.54) is 11.1 Å². The molecular formula is C14H21NO. The van der Waals surface area contributed by atoms with Crippen LogP contribution in [-0.2, 0) is 11.2 Å². The minimum Gasteiger partial charge on any atom is -0.374 e. The van der Waals surface area contributed by atoms with Crippen LogP contribution in [0.15, 0.2) is 24.3 Å². The number of ether oxygens (including phenoxy) is 1. The van der Waals surface area contributed by atoms with Gasteiger partial charge in [0.1, 0.15) is 0 Å². The van der Waals surface area contributed by atoms with Crippen LogP contribution in [0.2, 0.25) is 0 Å². The largest absolute Gasteiger partial charge is 0.374 e. The molecule has 1 heterocycles. The van der Waals surface area contributed by atoms with Crippen molar-refractivity contribution in [2.45, 2.75) is 44.8 Å². The van der Waals surface area contributed by atoms with Gasteiger partial charge < -0.3 is 10.5 Å². The van der Waals surface area contributed by atoms with Crippen LogP contribution in [0.5, 0.6) is 0 Å². The van der Waals surface area contributed by atoms with Gasteiger partial charge in [0, 0.05) is 12.6 Å². The number of benzene rings is 1. The SMILES string of the molecule is Cc1ccc(CC(N)C2(C)CCCO2)cc1. The third kappa shape index (κ3) is 2.45. The summed E-state index contributed by atoms with van der Waals surface area (Å²) in [6.45, 7) is 5.10. The molecule has 1 aliphatic heterocycles. The van der Waals surface area contributed by atoms with E-state index in [2.05, 4.69) is 38.1 Å². The van der Waals surface area contributed by atoms with Gasteiger partial charge in [-0.15, -0.1) is 0 Å². The molecule has 0 aliphatic carbocycles. The van der Waals surface area contributed by atoms with Gasteiger partial charge in [-0.3, -0.25) is 0 Å². The smallest absolute Gasteiger partial charge is 0.0808 e. The van der Waals surface area contributed by atoms with E-state index in [1.54, 1.807) is 0 Å². The molecule has 16 heavy (non-hydrogen) atoms. The molecule has 0 saturated carbocycles. The molecule has 2 atom stereocenters. The second-order valence-electron chi connectivity index (χ2n) is 5.06. The van der Waals surface area contributed by atoms with Crippen LogP contribution in [0, 0.1) is 6.92 Å². The van der Waals surface area contributed by atoms with Gasteiger partial charge in [-0.2, -0.15) is 0 Å². The second kappa shape index (κ2) is 4.56. The number of rotatable bonds is 3. The van der Waals surface area contributed by atoms with Crippen LogP contribution in [-0.4, -0.2) is 18.2 Å². The normalized spacial score (nSPS) is 26.9. The highest BCUT2D eigenvalue weighted by atomic mass is 16.5.